The minimum Gasteiger partial charge on any atom is -0.325 e. The average molecular weight is 360 g/mol. The molecule has 0 aliphatic heterocycles. The first-order chi connectivity index (χ1) is 11.7. The number of amides is 1. The van der Waals surface area contributed by atoms with Crippen molar-refractivity contribution in [2.24, 2.45) is 0 Å². The number of aryl methyl sites for hydroxylation is 4. The Hall–Kier alpha value is -2.18. The molecule has 2 N–H and O–H groups in total. The van der Waals surface area contributed by atoms with Crippen LogP contribution in [-0.4, -0.2) is 20.9 Å². The van der Waals surface area contributed by atoms with Crippen LogP contribution in [-0.2, 0) is 21.2 Å². The monoisotopic (exact) mass is 360 g/mol. The average Bonchev–Trinajstić information content (AvgIpc) is 2.52. The number of carbonyl (C=O) groups is 1. The molecule has 0 fully saturated rings. The van der Waals surface area contributed by atoms with Gasteiger partial charge in [-0.3, -0.25) is 4.79 Å². The molecule has 1 amide bonds. The van der Waals surface area contributed by atoms with Crippen LogP contribution >= 0.6 is 0 Å². The maximum atomic E-state index is 12.6. The van der Waals surface area contributed by atoms with Gasteiger partial charge in [-0.15, -0.1) is 0 Å². The van der Waals surface area contributed by atoms with Crippen molar-refractivity contribution in [3.8, 4) is 0 Å². The lowest BCUT2D eigenvalue weighted by Crippen LogP contribution is -2.33. The SMILES string of the molecule is CCc1cccc(NC(=O)CNS(=O)(=O)c2c(C)cc(C)cc2C)c1. The fourth-order valence-corrected chi connectivity index (χ4v) is 4.33. The van der Waals surface area contributed by atoms with Crippen molar-refractivity contribution in [1.82, 2.24) is 4.72 Å². The van der Waals surface area contributed by atoms with Crippen molar-refractivity contribution < 1.29 is 13.2 Å². The molecular formula is C19H24N2O3S. The molecule has 0 unspecified atom stereocenters. The van der Waals surface area contributed by atoms with Crippen molar-refractivity contribution in [1.29, 1.82) is 0 Å². The minimum atomic E-state index is -3.75. The highest BCUT2D eigenvalue weighted by Crippen LogP contribution is 2.21. The van der Waals surface area contributed by atoms with Crippen molar-refractivity contribution in [3.63, 3.8) is 0 Å². The zero-order valence-corrected chi connectivity index (χ0v) is 15.8. The number of nitrogens with one attached hydrogen (secondary N) is 2. The molecule has 25 heavy (non-hydrogen) atoms. The Kier molecular flexibility index (Phi) is 5.98. The van der Waals surface area contributed by atoms with Crippen LogP contribution in [0.15, 0.2) is 41.3 Å². The quantitative estimate of drug-likeness (QED) is 0.831. The van der Waals surface area contributed by atoms with E-state index >= 15 is 0 Å². The van der Waals surface area contributed by atoms with Gasteiger partial charge in [0.15, 0.2) is 0 Å². The second-order valence-corrected chi connectivity index (χ2v) is 7.86. The van der Waals surface area contributed by atoms with Gasteiger partial charge >= 0.3 is 0 Å². The number of rotatable bonds is 6. The largest absolute Gasteiger partial charge is 0.325 e. The van der Waals surface area contributed by atoms with E-state index in [0.29, 0.717) is 16.8 Å². The van der Waals surface area contributed by atoms with Gasteiger partial charge in [0, 0.05) is 5.69 Å². The minimum absolute atomic E-state index is 0.235. The molecule has 0 heterocycles. The maximum absolute atomic E-state index is 12.6. The molecule has 2 aromatic rings. The Morgan fingerprint density at radius 1 is 1.04 bits per heavy atom. The summed E-state index contributed by atoms with van der Waals surface area (Å²) in [4.78, 5) is 12.3. The molecule has 2 aromatic carbocycles. The molecule has 6 heteroatoms. The summed E-state index contributed by atoms with van der Waals surface area (Å²) < 4.78 is 27.5. The van der Waals surface area contributed by atoms with E-state index in [4.69, 9.17) is 0 Å². The molecular weight excluding hydrogens is 336 g/mol. The predicted molar refractivity (Wildman–Crippen MR) is 100 cm³/mol. The summed E-state index contributed by atoms with van der Waals surface area (Å²) in [6.45, 7) is 7.14. The van der Waals surface area contributed by atoms with E-state index in [2.05, 4.69) is 10.0 Å². The molecule has 0 aromatic heterocycles. The van der Waals surface area contributed by atoms with E-state index in [-0.39, 0.29) is 11.4 Å². The predicted octanol–water partition coefficient (Wildman–Crippen LogP) is 3.09. The van der Waals surface area contributed by atoms with Gasteiger partial charge in [0.2, 0.25) is 15.9 Å². The smallest absolute Gasteiger partial charge is 0.241 e. The van der Waals surface area contributed by atoms with Crippen LogP contribution in [0.5, 0.6) is 0 Å². The molecule has 2 rings (SSSR count). The fourth-order valence-electron chi connectivity index (χ4n) is 2.90. The summed E-state index contributed by atoms with van der Waals surface area (Å²) in [5.74, 6) is -0.403. The molecule has 0 aliphatic carbocycles. The van der Waals surface area contributed by atoms with Crippen LogP contribution in [0.1, 0.15) is 29.2 Å². The van der Waals surface area contributed by atoms with Gasteiger partial charge in [-0.2, -0.15) is 0 Å². The van der Waals surface area contributed by atoms with Gasteiger partial charge in [0.25, 0.3) is 0 Å². The Morgan fingerprint density at radius 2 is 1.68 bits per heavy atom. The van der Waals surface area contributed by atoms with Crippen LogP contribution in [0.3, 0.4) is 0 Å². The molecule has 0 radical (unpaired) electrons. The second kappa shape index (κ2) is 7.80. The molecule has 0 atom stereocenters. The first-order valence-corrected chi connectivity index (χ1v) is 9.67. The summed E-state index contributed by atoms with van der Waals surface area (Å²) in [6.07, 6.45) is 0.863. The first-order valence-electron chi connectivity index (χ1n) is 8.19. The molecule has 0 saturated carbocycles. The van der Waals surface area contributed by atoms with Gasteiger partial charge in [-0.25, -0.2) is 13.1 Å². The van der Waals surface area contributed by atoms with E-state index in [9.17, 15) is 13.2 Å². The number of hydrogen-bond donors (Lipinski definition) is 2. The zero-order chi connectivity index (χ0) is 18.6. The van der Waals surface area contributed by atoms with Gasteiger partial charge in [-0.05, 0) is 56.0 Å². The molecule has 134 valence electrons. The summed E-state index contributed by atoms with van der Waals surface area (Å²) in [5.41, 5.74) is 4.10. The lowest BCUT2D eigenvalue weighted by molar-refractivity contribution is -0.115. The highest BCUT2D eigenvalue weighted by Gasteiger charge is 2.20. The second-order valence-electron chi connectivity index (χ2n) is 6.15. The fraction of sp³-hybridized carbons (Fsp3) is 0.316. The lowest BCUT2D eigenvalue weighted by Gasteiger charge is -2.13. The Labute approximate surface area is 149 Å². The Balaban J connectivity index is 2.08. The third-order valence-electron chi connectivity index (χ3n) is 3.92. The van der Waals surface area contributed by atoms with E-state index in [0.717, 1.165) is 17.5 Å². The van der Waals surface area contributed by atoms with Gasteiger partial charge in [0.1, 0.15) is 0 Å². The molecule has 0 spiro atoms. The third-order valence-corrected chi connectivity index (χ3v) is 5.62. The lowest BCUT2D eigenvalue weighted by atomic mass is 10.1. The molecule has 0 bridgehead atoms. The summed E-state index contributed by atoms with van der Waals surface area (Å²) in [5, 5.41) is 2.71. The number of hydrogen-bond acceptors (Lipinski definition) is 3. The van der Waals surface area contributed by atoms with E-state index in [1.165, 1.54) is 0 Å². The number of anilines is 1. The highest BCUT2D eigenvalue weighted by molar-refractivity contribution is 7.89. The molecule has 5 nitrogen and oxygen atoms in total. The van der Waals surface area contributed by atoms with Crippen molar-refractivity contribution in [2.45, 2.75) is 39.0 Å². The standard InChI is InChI=1S/C19H24N2O3S/c1-5-16-7-6-8-17(11-16)21-18(22)12-20-25(23,24)19-14(3)9-13(2)10-15(19)4/h6-11,20H,5,12H2,1-4H3,(H,21,22). The van der Waals surface area contributed by atoms with Crippen LogP contribution < -0.4 is 10.0 Å². The van der Waals surface area contributed by atoms with E-state index < -0.39 is 15.9 Å². The summed E-state index contributed by atoms with van der Waals surface area (Å²) in [6, 6.07) is 11.1. The topological polar surface area (TPSA) is 75.3 Å². The summed E-state index contributed by atoms with van der Waals surface area (Å²) >= 11 is 0. The van der Waals surface area contributed by atoms with Crippen molar-refractivity contribution in [2.75, 3.05) is 11.9 Å². The Morgan fingerprint density at radius 3 is 2.28 bits per heavy atom. The maximum Gasteiger partial charge on any atom is 0.241 e. The van der Waals surface area contributed by atoms with Crippen LogP contribution in [0.2, 0.25) is 0 Å². The highest BCUT2D eigenvalue weighted by atomic mass is 32.2. The van der Waals surface area contributed by atoms with Crippen molar-refractivity contribution >= 4 is 21.6 Å². The number of sulfonamides is 1. The van der Waals surface area contributed by atoms with Gasteiger partial charge in [-0.1, -0.05) is 36.8 Å². The number of carbonyl (C=O) groups excluding carboxylic acids is 1. The van der Waals surface area contributed by atoms with Crippen LogP contribution in [0.25, 0.3) is 0 Å². The normalized spacial score (nSPS) is 11.4. The van der Waals surface area contributed by atoms with Gasteiger partial charge < -0.3 is 5.32 Å². The zero-order valence-electron chi connectivity index (χ0n) is 15.0. The van der Waals surface area contributed by atoms with E-state index in [1.54, 1.807) is 19.9 Å². The molecule has 0 aliphatic rings. The van der Waals surface area contributed by atoms with Crippen LogP contribution in [0, 0.1) is 20.8 Å². The first kappa shape index (κ1) is 19.1. The van der Waals surface area contributed by atoms with E-state index in [1.807, 2.05) is 44.2 Å². The number of benzene rings is 2. The Bertz CT molecular complexity index is 866. The van der Waals surface area contributed by atoms with Crippen LogP contribution in [0.4, 0.5) is 5.69 Å². The third kappa shape index (κ3) is 4.90. The van der Waals surface area contributed by atoms with Gasteiger partial charge in [0.05, 0.1) is 11.4 Å². The van der Waals surface area contributed by atoms with Crippen molar-refractivity contribution in [3.05, 3.63) is 58.7 Å². The molecule has 0 saturated heterocycles. The summed E-state index contributed by atoms with van der Waals surface area (Å²) in [7, 11) is -3.75.